The number of carbonyl (C=O) groups is 1. The highest BCUT2D eigenvalue weighted by Gasteiger charge is 2.32. The van der Waals surface area contributed by atoms with Crippen molar-refractivity contribution >= 4 is 23.4 Å². The average molecular weight is 306 g/mol. The van der Waals surface area contributed by atoms with Crippen LogP contribution in [0.4, 0.5) is 10.6 Å². The summed E-state index contributed by atoms with van der Waals surface area (Å²) in [5, 5.41) is 12.2. The van der Waals surface area contributed by atoms with E-state index in [0.717, 1.165) is 32.5 Å². The molecule has 2 saturated heterocycles. The second-order valence-electron chi connectivity index (χ2n) is 5.31. The number of nitrogens with one attached hydrogen (secondary N) is 1. The first kappa shape index (κ1) is 14.0. The third-order valence-corrected chi connectivity index (χ3v) is 4.26. The first-order valence-electron chi connectivity index (χ1n) is 7.04. The Balaban J connectivity index is 1.77. The molecule has 3 heterocycles. The van der Waals surface area contributed by atoms with Gasteiger partial charge in [-0.05, 0) is 18.9 Å². The standard InChI is InChI=1S/C14H16ClN5O/c15-12-6-10(7-16)8-18-13(12)19-4-1-2-11(9-19)20-5-3-17-14(20)21/h6,8,11H,1-5,9H2,(H,17,21). The molecular formula is C14H16ClN5O. The van der Waals surface area contributed by atoms with Crippen LogP contribution in [0.3, 0.4) is 0 Å². The van der Waals surface area contributed by atoms with Crippen molar-refractivity contribution in [3.63, 3.8) is 0 Å². The normalized spacial score (nSPS) is 22.1. The highest BCUT2D eigenvalue weighted by molar-refractivity contribution is 6.33. The SMILES string of the molecule is N#Cc1cnc(N2CCCC(N3CCNC3=O)C2)c(Cl)c1. The Kier molecular flexibility index (Phi) is 3.84. The zero-order valence-electron chi connectivity index (χ0n) is 11.5. The lowest BCUT2D eigenvalue weighted by Crippen LogP contribution is -2.49. The number of pyridine rings is 1. The lowest BCUT2D eigenvalue weighted by Gasteiger charge is -2.37. The number of halogens is 1. The van der Waals surface area contributed by atoms with Crippen molar-refractivity contribution in [2.24, 2.45) is 0 Å². The van der Waals surface area contributed by atoms with Gasteiger partial charge in [0.15, 0.2) is 0 Å². The van der Waals surface area contributed by atoms with Gasteiger partial charge in [0.25, 0.3) is 0 Å². The van der Waals surface area contributed by atoms with E-state index in [1.54, 1.807) is 6.07 Å². The van der Waals surface area contributed by atoms with Gasteiger partial charge in [0, 0.05) is 32.4 Å². The van der Waals surface area contributed by atoms with Gasteiger partial charge in [-0.15, -0.1) is 0 Å². The molecule has 0 aliphatic carbocycles. The van der Waals surface area contributed by atoms with Gasteiger partial charge < -0.3 is 15.1 Å². The molecule has 1 unspecified atom stereocenters. The first-order chi connectivity index (χ1) is 10.2. The largest absolute Gasteiger partial charge is 0.353 e. The third kappa shape index (κ3) is 2.74. The van der Waals surface area contributed by atoms with E-state index >= 15 is 0 Å². The minimum Gasteiger partial charge on any atom is -0.353 e. The number of hydrogen-bond donors (Lipinski definition) is 1. The molecule has 2 amide bonds. The summed E-state index contributed by atoms with van der Waals surface area (Å²) in [6.45, 7) is 3.06. The quantitative estimate of drug-likeness (QED) is 0.901. The molecule has 0 bridgehead atoms. The second kappa shape index (κ2) is 5.78. The van der Waals surface area contributed by atoms with Crippen molar-refractivity contribution in [3.05, 3.63) is 22.8 Å². The lowest BCUT2D eigenvalue weighted by molar-refractivity contribution is 0.189. The lowest BCUT2D eigenvalue weighted by atomic mass is 10.0. The van der Waals surface area contributed by atoms with E-state index in [4.69, 9.17) is 16.9 Å². The maximum atomic E-state index is 11.8. The molecule has 6 nitrogen and oxygen atoms in total. The van der Waals surface area contributed by atoms with Crippen molar-refractivity contribution in [1.82, 2.24) is 15.2 Å². The Hall–Kier alpha value is -2.00. The van der Waals surface area contributed by atoms with Crippen LogP contribution in [0.5, 0.6) is 0 Å². The van der Waals surface area contributed by atoms with Crippen LogP contribution in [-0.2, 0) is 0 Å². The smallest absolute Gasteiger partial charge is 0.317 e. The number of piperidine rings is 1. The molecule has 0 saturated carbocycles. The van der Waals surface area contributed by atoms with E-state index in [1.807, 2.05) is 11.0 Å². The number of aromatic nitrogens is 1. The monoisotopic (exact) mass is 305 g/mol. The van der Waals surface area contributed by atoms with Gasteiger partial charge in [-0.1, -0.05) is 11.6 Å². The fourth-order valence-corrected chi connectivity index (χ4v) is 3.25. The van der Waals surface area contributed by atoms with E-state index in [9.17, 15) is 4.79 Å². The molecule has 1 aromatic rings. The number of rotatable bonds is 2. The van der Waals surface area contributed by atoms with Crippen molar-refractivity contribution in [1.29, 1.82) is 5.26 Å². The van der Waals surface area contributed by atoms with Crippen LogP contribution in [0.15, 0.2) is 12.3 Å². The fraction of sp³-hybridized carbons (Fsp3) is 0.500. The molecule has 1 atom stereocenters. The van der Waals surface area contributed by atoms with Gasteiger partial charge >= 0.3 is 6.03 Å². The summed E-state index contributed by atoms with van der Waals surface area (Å²) in [4.78, 5) is 20.1. The number of amides is 2. The average Bonchev–Trinajstić information content (AvgIpc) is 2.93. The van der Waals surface area contributed by atoms with E-state index < -0.39 is 0 Å². The number of anilines is 1. The van der Waals surface area contributed by atoms with Crippen LogP contribution in [0, 0.1) is 11.3 Å². The second-order valence-corrected chi connectivity index (χ2v) is 5.72. The van der Waals surface area contributed by atoms with Crippen molar-refractivity contribution in [2.45, 2.75) is 18.9 Å². The van der Waals surface area contributed by atoms with Crippen molar-refractivity contribution in [3.8, 4) is 6.07 Å². The number of urea groups is 1. The number of nitrogens with zero attached hydrogens (tertiary/aromatic N) is 4. The van der Waals surface area contributed by atoms with Crippen LogP contribution in [0.2, 0.25) is 5.02 Å². The molecule has 0 aromatic carbocycles. The van der Waals surface area contributed by atoms with Gasteiger partial charge in [-0.3, -0.25) is 0 Å². The van der Waals surface area contributed by atoms with E-state index in [-0.39, 0.29) is 12.1 Å². The molecule has 2 fully saturated rings. The van der Waals surface area contributed by atoms with E-state index in [0.29, 0.717) is 22.9 Å². The minimum atomic E-state index is 0.0146. The predicted molar refractivity (Wildman–Crippen MR) is 79.3 cm³/mol. The van der Waals surface area contributed by atoms with Crippen LogP contribution in [0.25, 0.3) is 0 Å². The molecule has 3 rings (SSSR count). The summed E-state index contributed by atoms with van der Waals surface area (Å²) in [5.74, 6) is 0.694. The summed E-state index contributed by atoms with van der Waals surface area (Å²) in [5.41, 5.74) is 0.455. The Morgan fingerprint density at radius 1 is 1.48 bits per heavy atom. The summed E-state index contributed by atoms with van der Waals surface area (Å²) in [7, 11) is 0. The summed E-state index contributed by atoms with van der Waals surface area (Å²) >= 11 is 6.23. The highest BCUT2D eigenvalue weighted by atomic mass is 35.5. The van der Waals surface area contributed by atoms with Crippen LogP contribution in [0.1, 0.15) is 18.4 Å². The van der Waals surface area contributed by atoms with Gasteiger partial charge in [0.1, 0.15) is 11.9 Å². The Morgan fingerprint density at radius 2 is 2.33 bits per heavy atom. The molecule has 2 aliphatic rings. The van der Waals surface area contributed by atoms with E-state index in [1.165, 1.54) is 6.20 Å². The van der Waals surface area contributed by atoms with E-state index in [2.05, 4.69) is 15.2 Å². The summed E-state index contributed by atoms with van der Waals surface area (Å²) in [6, 6.07) is 3.87. The molecule has 1 aromatic heterocycles. The molecule has 7 heteroatoms. The minimum absolute atomic E-state index is 0.0146. The molecular weight excluding hydrogens is 290 g/mol. The maximum Gasteiger partial charge on any atom is 0.317 e. The van der Waals surface area contributed by atoms with Crippen LogP contribution in [-0.4, -0.2) is 48.1 Å². The number of nitriles is 1. The zero-order valence-corrected chi connectivity index (χ0v) is 12.3. The summed E-state index contributed by atoms with van der Waals surface area (Å²) < 4.78 is 0. The van der Waals surface area contributed by atoms with Crippen molar-refractivity contribution in [2.75, 3.05) is 31.1 Å². The zero-order chi connectivity index (χ0) is 14.8. The van der Waals surface area contributed by atoms with Crippen LogP contribution >= 0.6 is 11.6 Å². The Bertz CT molecular complexity index is 600. The predicted octanol–water partition coefficient (Wildman–Crippen LogP) is 1.60. The topological polar surface area (TPSA) is 72.3 Å². The highest BCUT2D eigenvalue weighted by Crippen LogP contribution is 2.28. The maximum absolute atomic E-state index is 11.8. The molecule has 0 spiro atoms. The fourth-order valence-electron chi connectivity index (χ4n) is 2.96. The Labute approximate surface area is 128 Å². The van der Waals surface area contributed by atoms with Crippen molar-refractivity contribution < 1.29 is 4.79 Å². The summed E-state index contributed by atoms with van der Waals surface area (Å²) in [6.07, 6.45) is 3.53. The molecule has 1 N–H and O–H groups in total. The van der Waals surface area contributed by atoms with Gasteiger partial charge in [-0.2, -0.15) is 5.26 Å². The van der Waals surface area contributed by atoms with Gasteiger partial charge in [0.05, 0.1) is 16.6 Å². The molecule has 0 radical (unpaired) electrons. The molecule has 21 heavy (non-hydrogen) atoms. The number of carbonyl (C=O) groups excluding carboxylic acids is 1. The first-order valence-corrected chi connectivity index (χ1v) is 7.42. The van der Waals surface area contributed by atoms with Crippen LogP contribution < -0.4 is 10.2 Å². The molecule has 110 valence electrons. The Morgan fingerprint density at radius 3 is 3.00 bits per heavy atom. The third-order valence-electron chi connectivity index (χ3n) is 3.98. The number of hydrogen-bond acceptors (Lipinski definition) is 4. The van der Waals surface area contributed by atoms with Gasteiger partial charge in [-0.25, -0.2) is 9.78 Å². The van der Waals surface area contributed by atoms with Gasteiger partial charge in [0.2, 0.25) is 0 Å². The molecule has 2 aliphatic heterocycles.